The van der Waals surface area contributed by atoms with Crippen LogP contribution in [0.1, 0.15) is 35.2 Å². The summed E-state index contributed by atoms with van der Waals surface area (Å²) in [5, 5.41) is 0. The number of aliphatic imine (C=N–C) groups is 1. The predicted molar refractivity (Wildman–Crippen MR) is 93.9 cm³/mol. The van der Waals surface area contributed by atoms with Crippen LogP contribution in [0.4, 0.5) is 0 Å². The SMILES string of the molecule is O=C(CCCCOc1ccc(C2=NCCO2)cc1)c1ccccc1. The van der Waals surface area contributed by atoms with E-state index in [1.165, 1.54) is 0 Å². The molecule has 4 heteroatoms. The van der Waals surface area contributed by atoms with Gasteiger partial charge in [0.15, 0.2) is 5.78 Å². The maximum Gasteiger partial charge on any atom is 0.216 e. The third kappa shape index (κ3) is 4.44. The Kier molecular flexibility index (Phi) is 5.61. The molecule has 1 heterocycles. The van der Waals surface area contributed by atoms with Crippen molar-refractivity contribution in [2.75, 3.05) is 19.8 Å². The summed E-state index contributed by atoms with van der Waals surface area (Å²) in [5.41, 5.74) is 1.76. The zero-order valence-corrected chi connectivity index (χ0v) is 13.6. The van der Waals surface area contributed by atoms with E-state index in [1.54, 1.807) is 0 Å². The van der Waals surface area contributed by atoms with Crippen LogP contribution < -0.4 is 4.74 Å². The van der Waals surface area contributed by atoms with Gasteiger partial charge in [-0.1, -0.05) is 30.3 Å². The highest BCUT2D eigenvalue weighted by molar-refractivity contribution is 5.96. The Morgan fingerprint density at radius 2 is 1.83 bits per heavy atom. The second kappa shape index (κ2) is 8.29. The van der Waals surface area contributed by atoms with Crippen LogP contribution in [0.5, 0.6) is 5.75 Å². The molecule has 0 spiro atoms. The van der Waals surface area contributed by atoms with Crippen molar-refractivity contribution in [1.82, 2.24) is 0 Å². The predicted octanol–water partition coefficient (Wildman–Crippen LogP) is 3.90. The van der Waals surface area contributed by atoms with E-state index in [0.29, 0.717) is 25.5 Å². The lowest BCUT2D eigenvalue weighted by atomic mass is 10.1. The first-order chi connectivity index (χ1) is 11.8. The average Bonchev–Trinajstić information content (AvgIpc) is 3.17. The zero-order valence-electron chi connectivity index (χ0n) is 13.6. The van der Waals surface area contributed by atoms with Gasteiger partial charge in [0, 0.05) is 17.5 Å². The second-order valence-corrected chi connectivity index (χ2v) is 5.65. The number of hydrogen-bond donors (Lipinski definition) is 0. The summed E-state index contributed by atoms with van der Waals surface area (Å²) in [6, 6.07) is 17.2. The second-order valence-electron chi connectivity index (χ2n) is 5.65. The van der Waals surface area contributed by atoms with Crippen LogP contribution in [0.2, 0.25) is 0 Å². The van der Waals surface area contributed by atoms with Crippen LogP contribution in [0.3, 0.4) is 0 Å². The summed E-state index contributed by atoms with van der Waals surface area (Å²) in [6.07, 6.45) is 2.25. The minimum absolute atomic E-state index is 0.192. The number of carbonyl (C=O) groups is 1. The molecule has 0 bridgehead atoms. The van der Waals surface area contributed by atoms with Gasteiger partial charge in [-0.15, -0.1) is 0 Å². The molecular formula is C20H21NO3. The number of benzene rings is 2. The molecule has 1 aliphatic heterocycles. The van der Waals surface area contributed by atoms with Crippen molar-refractivity contribution in [3.05, 3.63) is 65.7 Å². The zero-order chi connectivity index (χ0) is 16.6. The fourth-order valence-electron chi connectivity index (χ4n) is 2.55. The lowest BCUT2D eigenvalue weighted by molar-refractivity contribution is 0.0978. The minimum atomic E-state index is 0.192. The summed E-state index contributed by atoms with van der Waals surface area (Å²) < 4.78 is 11.1. The molecule has 0 aromatic heterocycles. The first-order valence-corrected chi connectivity index (χ1v) is 8.32. The number of Topliss-reactive ketones (excluding diaryl/α,β-unsaturated/α-hetero) is 1. The van der Waals surface area contributed by atoms with Crippen molar-refractivity contribution < 1.29 is 14.3 Å². The van der Waals surface area contributed by atoms with Crippen molar-refractivity contribution >= 4 is 11.7 Å². The molecule has 2 aromatic rings. The summed E-state index contributed by atoms with van der Waals surface area (Å²) in [4.78, 5) is 16.3. The Balaban J connectivity index is 1.37. The van der Waals surface area contributed by atoms with E-state index in [2.05, 4.69) is 4.99 Å². The lowest BCUT2D eigenvalue weighted by Crippen LogP contribution is -2.03. The minimum Gasteiger partial charge on any atom is -0.494 e. The normalized spacial score (nSPS) is 13.2. The molecule has 0 saturated heterocycles. The molecule has 24 heavy (non-hydrogen) atoms. The van der Waals surface area contributed by atoms with Crippen LogP contribution >= 0.6 is 0 Å². The van der Waals surface area contributed by atoms with Crippen molar-refractivity contribution in [2.45, 2.75) is 19.3 Å². The Hall–Kier alpha value is -2.62. The van der Waals surface area contributed by atoms with Gasteiger partial charge in [-0.05, 0) is 37.1 Å². The molecule has 0 atom stereocenters. The number of ketones is 1. The highest BCUT2D eigenvalue weighted by atomic mass is 16.5. The molecule has 1 aliphatic rings. The lowest BCUT2D eigenvalue weighted by Gasteiger charge is -2.07. The van der Waals surface area contributed by atoms with Gasteiger partial charge < -0.3 is 9.47 Å². The van der Waals surface area contributed by atoms with E-state index < -0.39 is 0 Å². The van der Waals surface area contributed by atoms with Crippen LogP contribution in [-0.2, 0) is 4.74 Å². The summed E-state index contributed by atoms with van der Waals surface area (Å²) >= 11 is 0. The molecule has 0 radical (unpaired) electrons. The van der Waals surface area contributed by atoms with E-state index in [9.17, 15) is 4.79 Å². The van der Waals surface area contributed by atoms with E-state index in [1.807, 2.05) is 54.6 Å². The number of ether oxygens (including phenoxy) is 2. The first kappa shape index (κ1) is 16.2. The summed E-state index contributed by atoms with van der Waals surface area (Å²) in [7, 11) is 0. The number of carbonyl (C=O) groups excluding carboxylic acids is 1. The van der Waals surface area contributed by atoms with Crippen LogP contribution in [0.25, 0.3) is 0 Å². The Labute approximate surface area is 142 Å². The molecule has 2 aromatic carbocycles. The van der Waals surface area contributed by atoms with E-state index >= 15 is 0 Å². The molecule has 0 fully saturated rings. The maximum atomic E-state index is 12.0. The van der Waals surface area contributed by atoms with Gasteiger partial charge in [0.05, 0.1) is 13.2 Å². The summed E-state index contributed by atoms with van der Waals surface area (Å²) in [5.74, 6) is 1.73. The number of nitrogens with zero attached hydrogens (tertiary/aromatic N) is 1. The Bertz CT molecular complexity index is 693. The highest BCUT2D eigenvalue weighted by Gasteiger charge is 2.10. The van der Waals surface area contributed by atoms with Crippen molar-refractivity contribution in [1.29, 1.82) is 0 Å². The Morgan fingerprint density at radius 3 is 2.54 bits per heavy atom. The smallest absolute Gasteiger partial charge is 0.216 e. The molecule has 0 saturated carbocycles. The Morgan fingerprint density at radius 1 is 1.04 bits per heavy atom. The molecule has 0 amide bonds. The fourth-order valence-corrected chi connectivity index (χ4v) is 2.55. The van der Waals surface area contributed by atoms with Crippen LogP contribution in [0.15, 0.2) is 59.6 Å². The maximum absolute atomic E-state index is 12.0. The van der Waals surface area contributed by atoms with Gasteiger partial charge in [0.1, 0.15) is 12.4 Å². The third-order valence-electron chi connectivity index (χ3n) is 3.85. The average molecular weight is 323 g/mol. The van der Waals surface area contributed by atoms with Crippen molar-refractivity contribution in [3.63, 3.8) is 0 Å². The monoisotopic (exact) mass is 323 g/mol. The third-order valence-corrected chi connectivity index (χ3v) is 3.85. The molecular weight excluding hydrogens is 302 g/mol. The molecule has 3 rings (SSSR count). The van der Waals surface area contributed by atoms with Crippen molar-refractivity contribution in [2.24, 2.45) is 4.99 Å². The topological polar surface area (TPSA) is 47.9 Å². The quantitative estimate of drug-likeness (QED) is 0.547. The number of unbranched alkanes of at least 4 members (excludes halogenated alkanes) is 1. The largest absolute Gasteiger partial charge is 0.494 e. The van der Waals surface area contributed by atoms with E-state index in [0.717, 1.165) is 36.3 Å². The van der Waals surface area contributed by atoms with E-state index in [-0.39, 0.29) is 5.78 Å². The molecule has 0 unspecified atom stereocenters. The molecule has 4 nitrogen and oxygen atoms in total. The van der Waals surface area contributed by atoms with Crippen LogP contribution in [0, 0.1) is 0 Å². The standard InChI is InChI=1S/C20H21NO3/c22-19(16-6-2-1-3-7-16)8-4-5-14-23-18-11-9-17(10-12-18)20-21-13-15-24-20/h1-3,6-7,9-12H,4-5,8,13-15H2. The molecule has 0 N–H and O–H groups in total. The van der Waals surface area contributed by atoms with Gasteiger partial charge in [-0.3, -0.25) is 4.79 Å². The number of rotatable bonds is 8. The molecule has 0 aliphatic carbocycles. The van der Waals surface area contributed by atoms with Gasteiger partial charge in [-0.25, -0.2) is 4.99 Å². The molecule has 124 valence electrons. The van der Waals surface area contributed by atoms with Gasteiger partial charge in [0.25, 0.3) is 0 Å². The van der Waals surface area contributed by atoms with Gasteiger partial charge in [-0.2, -0.15) is 0 Å². The highest BCUT2D eigenvalue weighted by Crippen LogP contribution is 2.15. The van der Waals surface area contributed by atoms with E-state index in [4.69, 9.17) is 9.47 Å². The van der Waals surface area contributed by atoms with Gasteiger partial charge >= 0.3 is 0 Å². The van der Waals surface area contributed by atoms with Gasteiger partial charge in [0.2, 0.25) is 5.90 Å². The van der Waals surface area contributed by atoms with Crippen LogP contribution in [-0.4, -0.2) is 31.4 Å². The van der Waals surface area contributed by atoms with Crippen molar-refractivity contribution in [3.8, 4) is 5.75 Å². The fraction of sp³-hybridized carbons (Fsp3) is 0.300. The summed E-state index contributed by atoms with van der Waals surface area (Å²) in [6.45, 7) is 2.00. The number of hydrogen-bond acceptors (Lipinski definition) is 4. The first-order valence-electron chi connectivity index (χ1n) is 8.32.